The summed E-state index contributed by atoms with van der Waals surface area (Å²) < 4.78 is 15.2. The maximum atomic E-state index is 5.64. The van der Waals surface area contributed by atoms with Crippen LogP contribution in [0.4, 0.5) is 0 Å². The average molecular weight is 497 g/mol. The van der Waals surface area contributed by atoms with Crippen molar-refractivity contribution in [3.8, 4) is 34.5 Å². The first-order valence-corrected chi connectivity index (χ1v) is 12.4. The van der Waals surface area contributed by atoms with E-state index in [0.717, 1.165) is 53.1 Å². The maximum absolute atomic E-state index is 5.64. The van der Waals surface area contributed by atoms with E-state index in [0.29, 0.717) is 41.3 Å². The van der Waals surface area contributed by atoms with Crippen LogP contribution in [0, 0.1) is 6.92 Å². The third-order valence-corrected chi connectivity index (χ3v) is 6.66. The molecule has 0 unspecified atom stereocenters. The molecule has 1 fully saturated rings. The summed E-state index contributed by atoms with van der Waals surface area (Å²) >= 11 is 0. The lowest BCUT2D eigenvalue weighted by Crippen LogP contribution is -2.06. The number of nitrogens with zero attached hydrogens (tertiary/aromatic N) is 8. The lowest BCUT2D eigenvalue weighted by molar-refractivity contribution is 0.395. The Morgan fingerprint density at radius 2 is 1.76 bits per heavy atom. The molecular weight excluding hydrogens is 468 g/mol. The predicted molar refractivity (Wildman–Crippen MR) is 139 cm³/mol. The second-order valence-electron chi connectivity index (χ2n) is 9.20. The predicted octanol–water partition coefficient (Wildman–Crippen LogP) is 4.42. The van der Waals surface area contributed by atoms with Crippen molar-refractivity contribution in [1.82, 2.24) is 39.3 Å². The molecular formula is C27H28N8O2. The zero-order valence-corrected chi connectivity index (χ0v) is 21.3. The highest BCUT2D eigenvalue weighted by molar-refractivity contribution is 5.83. The lowest BCUT2D eigenvalue weighted by atomic mass is 10.1. The van der Waals surface area contributed by atoms with Crippen molar-refractivity contribution in [3.05, 3.63) is 59.9 Å². The molecule has 1 aliphatic carbocycles. The van der Waals surface area contributed by atoms with E-state index < -0.39 is 0 Å². The number of methoxy groups -OCH3 is 2. The van der Waals surface area contributed by atoms with Gasteiger partial charge in [-0.2, -0.15) is 10.1 Å². The van der Waals surface area contributed by atoms with Gasteiger partial charge in [-0.3, -0.25) is 0 Å². The molecule has 0 radical (unpaired) electrons. The number of hydrogen-bond donors (Lipinski definition) is 0. The zero-order chi connectivity index (χ0) is 25.5. The smallest absolute Gasteiger partial charge is 0.228 e. The van der Waals surface area contributed by atoms with Crippen molar-refractivity contribution in [2.45, 2.75) is 45.7 Å². The summed E-state index contributed by atoms with van der Waals surface area (Å²) in [6, 6.07) is 8.41. The minimum Gasteiger partial charge on any atom is -0.480 e. The van der Waals surface area contributed by atoms with Crippen molar-refractivity contribution in [2.75, 3.05) is 14.2 Å². The van der Waals surface area contributed by atoms with Gasteiger partial charge < -0.3 is 14.0 Å². The SMILES string of the molecule is CCn1cc(C)nc1-c1ccc(Cn2ncc3c(OC)nc(-c4c(OC)ncnc4C4CC4)nc32)cc1. The molecule has 0 spiro atoms. The molecule has 5 aromatic rings. The Morgan fingerprint density at radius 1 is 0.973 bits per heavy atom. The Labute approximate surface area is 214 Å². The highest BCUT2D eigenvalue weighted by Gasteiger charge is 2.32. The van der Waals surface area contributed by atoms with Crippen LogP contribution in [0.3, 0.4) is 0 Å². The van der Waals surface area contributed by atoms with E-state index in [-0.39, 0.29) is 0 Å². The number of aromatic nitrogens is 8. The molecule has 10 nitrogen and oxygen atoms in total. The summed E-state index contributed by atoms with van der Waals surface area (Å²) in [6.07, 6.45) is 7.52. The monoisotopic (exact) mass is 496 g/mol. The van der Waals surface area contributed by atoms with Gasteiger partial charge in [0.1, 0.15) is 23.1 Å². The molecule has 1 saturated carbocycles. The Kier molecular flexibility index (Phi) is 5.78. The number of benzene rings is 1. The minimum absolute atomic E-state index is 0.368. The third-order valence-electron chi connectivity index (χ3n) is 6.66. The standard InChI is InChI=1S/C27H28N8O2/c1-5-34-13-16(2)31-24(34)19-8-6-17(7-9-19)14-35-25-20(12-30-35)26(36-3)33-23(32-25)21-22(18-10-11-18)28-15-29-27(21)37-4/h6-9,12-13,15,18H,5,10-11,14H2,1-4H3. The van der Waals surface area contributed by atoms with Crippen molar-refractivity contribution >= 4 is 11.0 Å². The quantitative estimate of drug-likeness (QED) is 0.311. The molecule has 4 aromatic heterocycles. The fourth-order valence-electron chi connectivity index (χ4n) is 4.68. The van der Waals surface area contributed by atoms with Crippen LogP contribution in [0.1, 0.15) is 42.6 Å². The molecule has 6 rings (SSSR count). The molecule has 0 saturated heterocycles. The first-order valence-electron chi connectivity index (χ1n) is 12.4. The van der Waals surface area contributed by atoms with Crippen LogP contribution in [0.5, 0.6) is 11.8 Å². The number of rotatable bonds is 8. The van der Waals surface area contributed by atoms with Crippen LogP contribution < -0.4 is 9.47 Å². The van der Waals surface area contributed by atoms with Crippen molar-refractivity contribution in [1.29, 1.82) is 0 Å². The molecule has 1 aliphatic rings. The van der Waals surface area contributed by atoms with Gasteiger partial charge in [-0.05, 0) is 32.3 Å². The van der Waals surface area contributed by atoms with Crippen molar-refractivity contribution in [2.24, 2.45) is 0 Å². The molecule has 0 bridgehead atoms. The van der Waals surface area contributed by atoms with Crippen LogP contribution in [-0.4, -0.2) is 53.5 Å². The van der Waals surface area contributed by atoms with E-state index in [9.17, 15) is 0 Å². The number of ether oxygens (including phenoxy) is 2. The molecule has 188 valence electrons. The van der Waals surface area contributed by atoms with Gasteiger partial charge in [-0.15, -0.1) is 0 Å². The molecule has 4 heterocycles. The van der Waals surface area contributed by atoms with Gasteiger partial charge in [0, 0.05) is 24.2 Å². The van der Waals surface area contributed by atoms with E-state index in [1.54, 1.807) is 20.4 Å². The Bertz CT molecular complexity index is 1580. The van der Waals surface area contributed by atoms with Gasteiger partial charge in [0.25, 0.3) is 0 Å². The second-order valence-corrected chi connectivity index (χ2v) is 9.20. The zero-order valence-electron chi connectivity index (χ0n) is 21.3. The van der Waals surface area contributed by atoms with E-state index in [2.05, 4.69) is 62.0 Å². The van der Waals surface area contributed by atoms with Gasteiger partial charge in [-0.25, -0.2) is 24.6 Å². The first-order chi connectivity index (χ1) is 18.1. The number of fused-ring (bicyclic) bond motifs is 1. The van der Waals surface area contributed by atoms with Crippen LogP contribution in [0.15, 0.2) is 43.0 Å². The fourth-order valence-corrected chi connectivity index (χ4v) is 4.68. The molecule has 10 heteroatoms. The molecule has 0 aliphatic heterocycles. The second kappa shape index (κ2) is 9.27. The topological polar surface area (TPSA) is 106 Å². The van der Waals surface area contributed by atoms with Gasteiger partial charge in [0.15, 0.2) is 11.5 Å². The highest BCUT2D eigenvalue weighted by atomic mass is 16.5. The van der Waals surface area contributed by atoms with Crippen LogP contribution in [-0.2, 0) is 13.1 Å². The summed E-state index contributed by atoms with van der Waals surface area (Å²) in [5.74, 6) is 2.73. The summed E-state index contributed by atoms with van der Waals surface area (Å²) in [6.45, 7) is 5.56. The number of hydrogen-bond acceptors (Lipinski definition) is 8. The molecule has 0 amide bonds. The average Bonchev–Trinajstić information content (AvgIpc) is 3.60. The molecule has 1 aromatic carbocycles. The number of aryl methyl sites for hydroxylation is 2. The Balaban J connectivity index is 1.38. The van der Waals surface area contributed by atoms with Crippen molar-refractivity contribution in [3.63, 3.8) is 0 Å². The summed E-state index contributed by atoms with van der Waals surface area (Å²) in [4.78, 5) is 23.2. The van der Waals surface area contributed by atoms with Crippen molar-refractivity contribution < 1.29 is 9.47 Å². The minimum atomic E-state index is 0.368. The first kappa shape index (κ1) is 23.1. The van der Waals surface area contributed by atoms with Crippen LogP contribution >= 0.6 is 0 Å². The molecule has 37 heavy (non-hydrogen) atoms. The van der Waals surface area contributed by atoms with Crippen LogP contribution in [0.25, 0.3) is 33.8 Å². The lowest BCUT2D eigenvalue weighted by Gasteiger charge is -2.12. The Hall–Kier alpha value is -4.34. The normalized spacial score (nSPS) is 13.3. The van der Waals surface area contributed by atoms with Crippen LogP contribution in [0.2, 0.25) is 0 Å². The highest BCUT2D eigenvalue weighted by Crippen LogP contribution is 2.45. The van der Waals surface area contributed by atoms with Gasteiger partial charge in [-0.1, -0.05) is 24.3 Å². The summed E-state index contributed by atoms with van der Waals surface area (Å²) in [7, 11) is 3.20. The fraction of sp³-hybridized carbons (Fsp3) is 0.333. The van der Waals surface area contributed by atoms with E-state index in [1.807, 2.05) is 11.6 Å². The van der Waals surface area contributed by atoms with Gasteiger partial charge >= 0.3 is 0 Å². The molecule has 0 N–H and O–H groups in total. The number of imidazole rings is 1. The largest absolute Gasteiger partial charge is 0.480 e. The van der Waals surface area contributed by atoms with E-state index >= 15 is 0 Å². The van der Waals surface area contributed by atoms with E-state index in [4.69, 9.17) is 19.4 Å². The third kappa shape index (κ3) is 4.18. The molecule has 0 atom stereocenters. The van der Waals surface area contributed by atoms with Gasteiger partial charge in [0.2, 0.25) is 11.8 Å². The van der Waals surface area contributed by atoms with Gasteiger partial charge in [0.05, 0.1) is 38.3 Å². The summed E-state index contributed by atoms with van der Waals surface area (Å²) in [5, 5.41) is 5.36. The summed E-state index contributed by atoms with van der Waals surface area (Å²) in [5.41, 5.74) is 5.49. The maximum Gasteiger partial charge on any atom is 0.228 e. The van der Waals surface area contributed by atoms with E-state index in [1.165, 1.54) is 6.33 Å². The Morgan fingerprint density at radius 3 is 2.46 bits per heavy atom.